The number of carbonyl (C=O) groups is 2. The average molecular weight is 566 g/mol. The van der Waals surface area contributed by atoms with Gasteiger partial charge in [0.2, 0.25) is 0 Å². The third-order valence-electron chi connectivity index (χ3n) is 7.33. The molecule has 0 aliphatic carbocycles. The van der Waals surface area contributed by atoms with Crippen LogP contribution < -0.4 is 4.90 Å². The SMILES string of the molecule is Cc1cc(C)n(-c2nc3ccccc3nc2N2CCN(C(=O)C(=O)c3c[nH]c4c(-n5ccnn5)ncc(F)c34)CC2)n1. The third kappa shape index (κ3) is 4.15. The van der Waals surface area contributed by atoms with Crippen LogP contribution in [-0.4, -0.2) is 87.5 Å². The van der Waals surface area contributed by atoms with Gasteiger partial charge in [0.15, 0.2) is 23.3 Å². The van der Waals surface area contributed by atoms with E-state index in [0.29, 0.717) is 24.7 Å². The van der Waals surface area contributed by atoms with E-state index >= 15 is 0 Å². The summed E-state index contributed by atoms with van der Waals surface area (Å²) in [7, 11) is 0. The Hall–Kier alpha value is -5.53. The Labute approximate surface area is 237 Å². The van der Waals surface area contributed by atoms with Gasteiger partial charge in [0.25, 0.3) is 11.7 Å². The van der Waals surface area contributed by atoms with Gasteiger partial charge < -0.3 is 14.8 Å². The van der Waals surface area contributed by atoms with E-state index in [1.807, 2.05) is 49.1 Å². The first-order chi connectivity index (χ1) is 20.4. The number of fused-ring (bicyclic) bond motifs is 2. The number of anilines is 1. The molecular formula is C28H24FN11O2. The first-order valence-electron chi connectivity index (χ1n) is 13.3. The summed E-state index contributed by atoms with van der Waals surface area (Å²) in [6, 6.07) is 9.60. The largest absolute Gasteiger partial charge is 0.357 e. The second kappa shape index (κ2) is 9.83. The van der Waals surface area contributed by atoms with E-state index in [1.165, 1.54) is 22.0 Å². The van der Waals surface area contributed by atoms with Gasteiger partial charge in [0.05, 0.1) is 51.8 Å². The quantitative estimate of drug-likeness (QED) is 0.246. The molecule has 1 fully saturated rings. The normalized spacial score (nSPS) is 13.8. The number of aromatic amines is 1. The predicted molar refractivity (Wildman–Crippen MR) is 150 cm³/mol. The smallest absolute Gasteiger partial charge is 0.295 e. The Bertz CT molecular complexity index is 1990. The highest BCUT2D eigenvalue weighted by Gasteiger charge is 2.31. The van der Waals surface area contributed by atoms with Crippen LogP contribution in [0.25, 0.3) is 33.6 Å². The average Bonchev–Trinajstić information content (AvgIpc) is 3.77. The summed E-state index contributed by atoms with van der Waals surface area (Å²) >= 11 is 0. The first-order valence-corrected chi connectivity index (χ1v) is 13.3. The lowest BCUT2D eigenvalue weighted by Gasteiger charge is -2.35. The highest BCUT2D eigenvalue weighted by molar-refractivity contribution is 6.45. The lowest BCUT2D eigenvalue weighted by atomic mass is 10.1. The Kier molecular flexibility index (Phi) is 5.96. The summed E-state index contributed by atoms with van der Waals surface area (Å²) in [5.74, 6) is -0.733. The van der Waals surface area contributed by atoms with Crippen LogP contribution in [-0.2, 0) is 4.79 Å². The molecule has 0 atom stereocenters. The van der Waals surface area contributed by atoms with E-state index in [9.17, 15) is 14.0 Å². The zero-order chi connectivity index (χ0) is 29.0. The van der Waals surface area contributed by atoms with Crippen molar-refractivity contribution in [1.29, 1.82) is 0 Å². The van der Waals surface area contributed by atoms with Crippen LogP contribution in [0.1, 0.15) is 21.7 Å². The lowest BCUT2D eigenvalue weighted by Crippen LogP contribution is -2.51. The molecule has 0 bridgehead atoms. The topological polar surface area (TPSA) is 144 Å². The Balaban J connectivity index is 1.15. The van der Waals surface area contributed by atoms with Gasteiger partial charge in [0, 0.05) is 38.1 Å². The fourth-order valence-corrected chi connectivity index (χ4v) is 5.33. The zero-order valence-electron chi connectivity index (χ0n) is 22.7. The molecule has 6 aromatic rings. The van der Waals surface area contributed by atoms with Crippen molar-refractivity contribution in [2.45, 2.75) is 13.8 Å². The van der Waals surface area contributed by atoms with Gasteiger partial charge in [-0.25, -0.2) is 28.7 Å². The van der Waals surface area contributed by atoms with Gasteiger partial charge in [-0.2, -0.15) is 5.10 Å². The molecular weight excluding hydrogens is 541 g/mol. The molecule has 6 heterocycles. The van der Waals surface area contributed by atoms with Crippen LogP contribution in [0.5, 0.6) is 0 Å². The number of piperazine rings is 1. The van der Waals surface area contributed by atoms with Gasteiger partial charge in [0.1, 0.15) is 0 Å². The summed E-state index contributed by atoms with van der Waals surface area (Å²) in [5.41, 5.74) is 3.45. The van der Waals surface area contributed by atoms with Crippen molar-refractivity contribution in [2.75, 3.05) is 31.1 Å². The minimum atomic E-state index is -0.807. The standard InChI is InChI=1S/C28H24FN11O2/c1-16-13-17(2)40(35-16)27-26(33-20-5-3-4-6-21(20)34-27)37-9-11-38(12-10-37)28(42)24(41)18-14-30-23-22(18)19(29)15-31-25(23)39-8-7-32-36-39/h3-8,13-15,30H,9-12H2,1-2H3. The number of aryl methyl sites for hydroxylation is 2. The second-order valence-corrected chi connectivity index (χ2v) is 10.0. The fraction of sp³-hybridized carbons (Fsp3) is 0.214. The van der Waals surface area contributed by atoms with Crippen molar-refractivity contribution in [2.24, 2.45) is 0 Å². The number of pyridine rings is 1. The number of aromatic nitrogens is 9. The highest BCUT2D eigenvalue weighted by atomic mass is 19.1. The number of nitrogens with zero attached hydrogens (tertiary/aromatic N) is 10. The van der Waals surface area contributed by atoms with Gasteiger partial charge in [-0.1, -0.05) is 17.3 Å². The number of carbonyl (C=O) groups excluding carboxylic acids is 2. The second-order valence-electron chi connectivity index (χ2n) is 10.0. The first kappa shape index (κ1) is 25.4. The van der Waals surface area contributed by atoms with Crippen molar-refractivity contribution in [3.8, 4) is 11.6 Å². The van der Waals surface area contributed by atoms with Crippen LogP contribution in [0.2, 0.25) is 0 Å². The van der Waals surface area contributed by atoms with Crippen LogP contribution in [0.4, 0.5) is 10.2 Å². The molecule has 42 heavy (non-hydrogen) atoms. The number of H-pyrrole nitrogens is 1. The Morgan fingerprint density at radius 2 is 1.71 bits per heavy atom. The Morgan fingerprint density at radius 3 is 2.38 bits per heavy atom. The third-order valence-corrected chi connectivity index (χ3v) is 7.33. The van der Waals surface area contributed by atoms with Crippen molar-refractivity contribution in [3.05, 3.63) is 77.9 Å². The minimum Gasteiger partial charge on any atom is -0.357 e. The molecule has 1 aliphatic rings. The van der Waals surface area contributed by atoms with Crippen molar-refractivity contribution >= 4 is 39.4 Å². The number of nitrogens with one attached hydrogen (secondary N) is 1. The summed E-state index contributed by atoms with van der Waals surface area (Å²) in [4.78, 5) is 47.0. The maximum atomic E-state index is 14.9. The van der Waals surface area contributed by atoms with Gasteiger partial charge in [-0.3, -0.25) is 9.59 Å². The van der Waals surface area contributed by atoms with Crippen LogP contribution in [0, 0.1) is 19.7 Å². The van der Waals surface area contributed by atoms with E-state index < -0.39 is 17.5 Å². The number of benzene rings is 1. The molecule has 0 radical (unpaired) electrons. The molecule has 0 saturated carbocycles. The maximum absolute atomic E-state index is 14.9. The molecule has 1 saturated heterocycles. The molecule has 1 aliphatic heterocycles. The van der Waals surface area contributed by atoms with E-state index in [4.69, 9.17) is 9.97 Å². The molecule has 1 N–H and O–H groups in total. The van der Waals surface area contributed by atoms with Gasteiger partial charge >= 0.3 is 0 Å². The van der Waals surface area contributed by atoms with E-state index in [1.54, 1.807) is 10.9 Å². The summed E-state index contributed by atoms with van der Waals surface area (Å²) < 4.78 is 18.0. The van der Waals surface area contributed by atoms with Crippen molar-refractivity contribution < 1.29 is 14.0 Å². The van der Waals surface area contributed by atoms with Crippen molar-refractivity contribution in [1.82, 2.24) is 49.6 Å². The number of Topliss-reactive ketones (excluding diaryl/α,β-unsaturated/α-hetero) is 1. The van der Waals surface area contributed by atoms with Gasteiger partial charge in [-0.05, 0) is 32.0 Å². The molecule has 210 valence electrons. The van der Waals surface area contributed by atoms with Crippen LogP contribution >= 0.6 is 0 Å². The number of halogens is 1. The zero-order valence-corrected chi connectivity index (χ0v) is 22.7. The van der Waals surface area contributed by atoms with E-state index in [-0.39, 0.29) is 35.4 Å². The number of hydrogen-bond acceptors (Lipinski definition) is 9. The minimum absolute atomic E-state index is 0.0200. The molecule has 13 nitrogen and oxygen atoms in total. The number of ketones is 1. The van der Waals surface area contributed by atoms with E-state index in [2.05, 4.69) is 25.4 Å². The number of para-hydroxylation sites is 2. The van der Waals surface area contributed by atoms with Crippen LogP contribution in [0.3, 0.4) is 0 Å². The number of hydrogen-bond donors (Lipinski definition) is 1. The monoisotopic (exact) mass is 565 g/mol. The molecule has 14 heteroatoms. The highest BCUT2D eigenvalue weighted by Crippen LogP contribution is 2.28. The predicted octanol–water partition coefficient (Wildman–Crippen LogP) is 2.56. The molecule has 0 unspecified atom stereocenters. The molecule has 5 aromatic heterocycles. The lowest BCUT2D eigenvalue weighted by molar-refractivity contribution is -0.126. The summed E-state index contributed by atoms with van der Waals surface area (Å²) in [6.45, 7) is 5.26. The molecule has 1 amide bonds. The molecule has 1 aromatic carbocycles. The summed E-state index contributed by atoms with van der Waals surface area (Å²) in [5, 5.41) is 12.2. The van der Waals surface area contributed by atoms with Crippen LogP contribution in [0.15, 0.2) is 55.1 Å². The number of rotatable bonds is 5. The maximum Gasteiger partial charge on any atom is 0.295 e. The Morgan fingerprint density at radius 1 is 0.976 bits per heavy atom. The molecule has 0 spiro atoms. The summed E-state index contributed by atoms with van der Waals surface area (Å²) in [6.07, 6.45) is 5.33. The van der Waals surface area contributed by atoms with Gasteiger partial charge in [-0.15, -0.1) is 5.10 Å². The number of amides is 1. The van der Waals surface area contributed by atoms with E-state index in [0.717, 1.165) is 28.6 Å². The van der Waals surface area contributed by atoms with Crippen molar-refractivity contribution in [3.63, 3.8) is 0 Å². The fourth-order valence-electron chi connectivity index (χ4n) is 5.33. The molecule has 7 rings (SSSR count).